The summed E-state index contributed by atoms with van der Waals surface area (Å²) in [5, 5.41) is 47.5. The summed E-state index contributed by atoms with van der Waals surface area (Å²) in [5.74, 6) is -1.26. The summed E-state index contributed by atoms with van der Waals surface area (Å²) in [6.45, 7) is 0.591. The Hall–Kier alpha value is -4.97. The number of methoxy groups -OCH3 is 2. The highest BCUT2D eigenvalue weighted by Gasteiger charge is 2.71. The van der Waals surface area contributed by atoms with Gasteiger partial charge in [-0.3, -0.25) is 14.6 Å². The zero-order valence-corrected chi connectivity index (χ0v) is 30.0. The number of carboxylic acid groups (broad SMARTS) is 1. The Morgan fingerprint density at radius 3 is 2.62 bits per heavy atom. The van der Waals surface area contributed by atoms with E-state index in [-0.39, 0.29) is 31.8 Å². The van der Waals surface area contributed by atoms with Crippen LogP contribution in [0.1, 0.15) is 53.5 Å². The van der Waals surface area contributed by atoms with E-state index in [1.54, 1.807) is 20.3 Å². The fraction of sp³-hybridized carbons (Fsp3) is 0.462. The maximum atomic E-state index is 12.5. The summed E-state index contributed by atoms with van der Waals surface area (Å²) in [4.78, 5) is 28.6. The molecule has 5 heterocycles. The lowest BCUT2D eigenvalue weighted by Gasteiger charge is -2.60. The largest absolute Gasteiger partial charge is 0.493 e. The Morgan fingerprint density at radius 1 is 1.07 bits per heavy atom. The summed E-state index contributed by atoms with van der Waals surface area (Å²) in [6.07, 6.45) is -9.51. The van der Waals surface area contributed by atoms with Crippen LogP contribution in [0, 0.1) is 5.92 Å². The molecule has 2 bridgehead atoms. The van der Waals surface area contributed by atoms with Crippen LogP contribution in [0.2, 0.25) is 0 Å². The zero-order valence-electron chi connectivity index (χ0n) is 30.0. The normalized spacial score (nSPS) is 31.1. The minimum Gasteiger partial charge on any atom is -0.493 e. The molecule has 1 saturated heterocycles. The standard InChI is InChI=1S/C39H41N3O13/c1-49-23-8-7-18-21-15-51-25-12-24-19(28(20-14-42-22-6-4-3-5-17(20)22)29(25)30(21)54-31(18)32(23)50-2)11-16-9-10-38(47)34(55-37(52-24)39(16,48)36(38)46)33(35(40)41)53-27(45)13-26(43)44/h3-8,12,16,21,30,33-37,46-48H,9-11,13-15,40-41H2,1-2H3,(H,43,44). The summed E-state index contributed by atoms with van der Waals surface area (Å²) < 4.78 is 43.0. The molecule has 1 aliphatic carbocycles. The van der Waals surface area contributed by atoms with Gasteiger partial charge in [0.25, 0.3) is 0 Å². The van der Waals surface area contributed by atoms with Crippen molar-refractivity contribution in [3.8, 4) is 28.7 Å². The number of ether oxygens (including phenoxy) is 7. The van der Waals surface area contributed by atoms with E-state index in [1.807, 2.05) is 36.4 Å². The summed E-state index contributed by atoms with van der Waals surface area (Å²) in [7, 11) is 3.12. The van der Waals surface area contributed by atoms with Crippen molar-refractivity contribution in [2.75, 3.05) is 27.4 Å². The van der Waals surface area contributed by atoms with Gasteiger partial charge in [0.15, 0.2) is 23.2 Å². The molecule has 8 N–H and O–H groups in total. The van der Waals surface area contributed by atoms with Gasteiger partial charge in [-0.2, -0.15) is 0 Å². The Bertz CT molecular complexity index is 2250. The van der Waals surface area contributed by atoms with Gasteiger partial charge < -0.3 is 65.1 Å². The minimum absolute atomic E-state index is 0.115. The van der Waals surface area contributed by atoms with Gasteiger partial charge in [-0.05, 0) is 42.5 Å². The fourth-order valence-electron chi connectivity index (χ4n) is 9.54. The smallest absolute Gasteiger partial charge is 0.317 e. The SMILES string of the molecule is COc1ccc2c(c1OC)OC1c3c(cc4c(c3C3=c5ccccc5=NC3)CC3CCC5(O)C(C(OC(=O)CC(=O)O)C(N)N)OC(O4)C3(O)C5O)OCC21. The van der Waals surface area contributed by atoms with E-state index in [0.29, 0.717) is 40.9 Å². The molecule has 0 spiro atoms. The third kappa shape index (κ3) is 5.16. The molecule has 1 saturated carbocycles. The first-order valence-corrected chi connectivity index (χ1v) is 18.1. The van der Waals surface area contributed by atoms with Gasteiger partial charge >= 0.3 is 11.9 Å². The Morgan fingerprint density at radius 2 is 1.87 bits per heavy atom. The third-order valence-electron chi connectivity index (χ3n) is 12.1. The highest BCUT2D eigenvalue weighted by atomic mass is 16.7. The molecule has 0 radical (unpaired) electrons. The lowest BCUT2D eigenvalue weighted by molar-refractivity contribution is -0.384. The molecule has 9 unspecified atom stereocenters. The van der Waals surface area contributed by atoms with Crippen LogP contribution >= 0.6 is 0 Å². The molecule has 5 aliphatic heterocycles. The molecule has 9 atom stereocenters. The van der Waals surface area contributed by atoms with E-state index in [4.69, 9.17) is 54.7 Å². The number of carbonyl (C=O) groups excluding carboxylic acids is 1. The molecule has 3 aromatic rings. The number of carbonyl (C=O) groups is 2. The average molecular weight is 760 g/mol. The van der Waals surface area contributed by atoms with Gasteiger partial charge in [-0.15, -0.1) is 0 Å². The number of nitrogens with zero attached hydrogens (tertiary/aromatic N) is 1. The van der Waals surface area contributed by atoms with Crippen molar-refractivity contribution in [2.45, 2.75) is 79.7 Å². The minimum atomic E-state index is -2.22. The van der Waals surface area contributed by atoms with Crippen molar-refractivity contribution >= 4 is 17.5 Å². The molecule has 290 valence electrons. The van der Waals surface area contributed by atoms with Crippen LogP contribution in [0.15, 0.2) is 47.5 Å². The number of para-hydroxylation sites is 1. The third-order valence-corrected chi connectivity index (χ3v) is 12.1. The van der Waals surface area contributed by atoms with E-state index >= 15 is 0 Å². The number of hydrogen-bond acceptors (Lipinski definition) is 15. The second-order valence-electron chi connectivity index (χ2n) is 15.0. The van der Waals surface area contributed by atoms with Crippen molar-refractivity contribution < 1.29 is 63.2 Å². The maximum Gasteiger partial charge on any atom is 0.317 e. The Balaban J connectivity index is 1.20. The number of rotatable bonds is 8. The van der Waals surface area contributed by atoms with Crippen LogP contribution < -0.4 is 45.7 Å². The summed E-state index contributed by atoms with van der Waals surface area (Å²) >= 11 is 0. The van der Waals surface area contributed by atoms with Gasteiger partial charge in [0, 0.05) is 33.9 Å². The number of aliphatic hydroxyl groups excluding tert-OH is 1. The first-order valence-electron chi connectivity index (χ1n) is 18.1. The second-order valence-corrected chi connectivity index (χ2v) is 15.0. The number of aliphatic hydroxyl groups is 3. The van der Waals surface area contributed by atoms with Gasteiger partial charge in [-0.1, -0.05) is 24.3 Å². The number of esters is 1. The quantitative estimate of drug-likeness (QED) is 0.0979. The van der Waals surface area contributed by atoms with Crippen molar-refractivity contribution in [2.24, 2.45) is 22.4 Å². The van der Waals surface area contributed by atoms with Crippen molar-refractivity contribution in [3.05, 3.63) is 75.3 Å². The number of fused-ring (bicyclic) bond motifs is 8. The maximum absolute atomic E-state index is 12.5. The predicted molar refractivity (Wildman–Crippen MR) is 188 cm³/mol. The Kier molecular flexibility index (Phi) is 8.31. The first kappa shape index (κ1) is 35.7. The van der Waals surface area contributed by atoms with Gasteiger partial charge in [-0.25, -0.2) is 0 Å². The van der Waals surface area contributed by atoms with Crippen molar-refractivity contribution in [1.82, 2.24) is 0 Å². The van der Waals surface area contributed by atoms with Crippen LogP contribution in [-0.4, -0.2) is 102 Å². The number of benzene rings is 3. The highest BCUT2D eigenvalue weighted by molar-refractivity contribution is 5.90. The van der Waals surface area contributed by atoms with Crippen molar-refractivity contribution in [1.29, 1.82) is 0 Å². The lowest BCUT2D eigenvalue weighted by Crippen LogP contribution is -2.80. The molecule has 16 nitrogen and oxygen atoms in total. The van der Waals surface area contributed by atoms with Crippen LogP contribution in [0.5, 0.6) is 28.7 Å². The van der Waals surface area contributed by atoms with Gasteiger partial charge in [0.2, 0.25) is 12.0 Å². The topological polar surface area (TPSA) is 244 Å². The number of nitrogens with two attached hydrogens (primary N) is 2. The predicted octanol–water partition coefficient (Wildman–Crippen LogP) is -0.331. The lowest BCUT2D eigenvalue weighted by atomic mass is 9.60. The summed E-state index contributed by atoms with van der Waals surface area (Å²) in [5.41, 5.74) is 11.7. The number of aliphatic carboxylic acids is 1. The molecule has 55 heavy (non-hydrogen) atoms. The first-order chi connectivity index (χ1) is 26.4. The monoisotopic (exact) mass is 759 g/mol. The van der Waals surface area contributed by atoms with E-state index in [9.17, 15) is 24.9 Å². The number of carboxylic acids is 1. The molecule has 0 amide bonds. The molecule has 16 heteroatoms. The van der Waals surface area contributed by atoms with Crippen LogP contribution in [0.3, 0.4) is 0 Å². The fourth-order valence-corrected chi connectivity index (χ4v) is 9.54. The van der Waals surface area contributed by atoms with Crippen LogP contribution in [0.4, 0.5) is 0 Å². The van der Waals surface area contributed by atoms with Crippen molar-refractivity contribution in [3.63, 3.8) is 0 Å². The van der Waals surface area contributed by atoms with Gasteiger partial charge in [0.05, 0.1) is 44.8 Å². The highest BCUT2D eigenvalue weighted by Crippen LogP contribution is 2.60. The van der Waals surface area contributed by atoms with E-state index in [0.717, 1.165) is 32.8 Å². The van der Waals surface area contributed by atoms with Gasteiger partial charge in [0.1, 0.15) is 41.8 Å². The van der Waals surface area contributed by atoms with E-state index in [2.05, 4.69) is 0 Å². The number of hydrogen-bond donors (Lipinski definition) is 6. The molecule has 2 fully saturated rings. The molecule has 3 aromatic carbocycles. The molecule has 6 aliphatic rings. The van der Waals surface area contributed by atoms with E-state index < -0.39 is 72.4 Å². The Labute approximate surface area is 313 Å². The molecule has 0 aromatic heterocycles. The van der Waals surface area contributed by atoms with E-state index in [1.165, 1.54) is 0 Å². The molecular formula is C39H41N3O13. The average Bonchev–Trinajstić information content (AvgIpc) is 3.72. The second kappa shape index (κ2) is 12.8. The molecule has 9 rings (SSSR count). The molecular weight excluding hydrogens is 718 g/mol. The summed E-state index contributed by atoms with van der Waals surface area (Å²) in [6, 6.07) is 13.3. The van der Waals surface area contributed by atoms with Crippen LogP contribution in [0.25, 0.3) is 5.57 Å². The van der Waals surface area contributed by atoms with Crippen LogP contribution in [-0.2, 0) is 25.5 Å². The zero-order chi connectivity index (χ0) is 38.6.